The Bertz CT molecular complexity index is 648. The monoisotopic (exact) mass is 289 g/mol. The molecule has 0 aliphatic rings. The lowest BCUT2D eigenvalue weighted by molar-refractivity contribution is -0.148. The van der Waals surface area contributed by atoms with Crippen molar-refractivity contribution in [3.8, 4) is 0 Å². The van der Waals surface area contributed by atoms with Gasteiger partial charge in [-0.2, -0.15) is 0 Å². The molecule has 2 rings (SSSR count). The summed E-state index contributed by atoms with van der Waals surface area (Å²) in [6.45, 7) is 0. The molecule has 0 radical (unpaired) electrons. The van der Waals surface area contributed by atoms with E-state index in [9.17, 15) is 14.4 Å². The van der Waals surface area contributed by atoms with Gasteiger partial charge in [0.15, 0.2) is 5.78 Å². The van der Waals surface area contributed by atoms with E-state index >= 15 is 0 Å². The average molecular weight is 289 g/mol. The zero-order valence-electron chi connectivity index (χ0n) is 10.4. The van der Waals surface area contributed by atoms with E-state index in [1.807, 2.05) is 23.6 Å². The minimum atomic E-state index is -1.58. The summed E-state index contributed by atoms with van der Waals surface area (Å²) in [7, 11) is 0. The number of pyridine rings is 1. The van der Waals surface area contributed by atoms with Crippen LogP contribution in [-0.4, -0.2) is 27.6 Å². The van der Waals surface area contributed by atoms with Crippen molar-refractivity contribution in [3.63, 3.8) is 0 Å². The summed E-state index contributed by atoms with van der Waals surface area (Å²) in [5.74, 6) is -3.13. The molecule has 2 heterocycles. The summed E-state index contributed by atoms with van der Waals surface area (Å²) in [5.41, 5.74) is 1.80. The predicted octanol–water partition coefficient (Wildman–Crippen LogP) is 1.96. The van der Waals surface area contributed by atoms with Crippen molar-refractivity contribution in [1.82, 2.24) is 4.98 Å². The van der Waals surface area contributed by atoms with E-state index in [4.69, 9.17) is 5.11 Å². The van der Waals surface area contributed by atoms with Gasteiger partial charge in [0.05, 0.1) is 11.3 Å². The molecule has 102 valence electrons. The molecular formula is C14H11NO4S. The fourth-order valence-electron chi connectivity index (χ4n) is 1.63. The minimum Gasteiger partial charge on any atom is -0.475 e. The van der Waals surface area contributed by atoms with Crippen LogP contribution in [0.15, 0.2) is 35.8 Å². The highest BCUT2D eigenvalue weighted by Gasteiger charge is 2.19. The SMILES string of the molecule is O=C(O)C(=O)CC(=O)c1cc(Cc2ccccn2)cs1. The Morgan fingerprint density at radius 1 is 1.25 bits per heavy atom. The fourth-order valence-corrected chi connectivity index (χ4v) is 2.49. The summed E-state index contributed by atoms with van der Waals surface area (Å²) in [6, 6.07) is 7.26. The number of thiophene rings is 1. The molecule has 0 unspecified atom stereocenters. The summed E-state index contributed by atoms with van der Waals surface area (Å²) in [6.07, 6.45) is 1.69. The molecule has 0 spiro atoms. The van der Waals surface area contributed by atoms with Gasteiger partial charge in [0.2, 0.25) is 5.78 Å². The Labute approximate surface area is 118 Å². The number of carboxylic acids is 1. The predicted molar refractivity (Wildman–Crippen MR) is 73.0 cm³/mol. The lowest BCUT2D eigenvalue weighted by Gasteiger charge is -1.96. The van der Waals surface area contributed by atoms with Gasteiger partial charge in [-0.05, 0) is 29.1 Å². The Balaban J connectivity index is 2.04. The van der Waals surface area contributed by atoms with Gasteiger partial charge in [0, 0.05) is 18.3 Å². The van der Waals surface area contributed by atoms with Gasteiger partial charge in [0.25, 0.3) is 0 Å². The standard InChI is InChI=1S/C14H11NO4S/c16-11(7-12(17)14(18)19)13-6-9(8-20-13)5-10-3-1-2-4-15-10/h1-4,6,8H,5,7H2,(H,18,19). The molecule has 0 fully saturated rings. The Morgan fingerprint density at radius 2 is 2.05 bits per heavy atom. The molecule has 5 nitrogen and oxygen atoms in total. The van der Waals surface area contributed by atoms with Crippen molar-refractivity contribution in [3.05, 3.63) is 52.0 Å². The second-order valence-corrected chi connectivity index (χ2v) is 5.06. The zero-order valence-corrected chi connectivity index (χ0v) is 11.2. The maximum Gasteiger partial charge on any atom is 0.372 e. The Morgan fingerprint density at radius 3 is 2.70 bits per heavy atom. The highest BCUT2D eigenvalue weighted by molar-refractivity contribution is 7.12. The van der Waals surface area contributed by atoms with Gasteiger partial charge in [-0.25, -0.2) is 4.79 Å². The Kier molecular flexibility index (Phi) is 4.37. The third-order valence-corrected chi connectivity index (χ3v) is 3.62. The summed E-state index contributed by atoms with van der Waals surface area (Å²) in [4.78, 5) is 37.7. The molecule has 0 bridgehead atoms. The number of nitrogens with zero attached hydrogens (tertiary/aromatic N) is 1. The first-order chi connectivity index (χ1) is 9.56. The van der Waals surface area contributed by atoms with E-state index in [0.29, 0.717) is 11.3 Å². The van der Waals surface area contributed by atoms with Gasteiger partial charge in [-0.3, -0.25) is 14.6 Å². The lowest BCUT2D eigenvalue weighted by atomic mass is 10.1. The van der Waals surface area contributed by atoms with Gasteiger partial charge in [0.1, 0.15) is 0 Å². The number of Topliss-reactive ketones (excluding diaryl/α,β-unsaturated/α-hetero) is 2. The van der Waals surface area contributed by atoms with Crippen molar-refractivity contribution in [2.24, 2.45) is 0 Å². The van der Waals surface area contributed by atoms with Gasteiger partial charge >= 0.3 is 5.97 Å². The number of hydrogen-bond acceptors (Lipinski definition) is 5. The highest BCUT2D eigenvalue weighted by Crippen LogP contribution is 2.19. The van der Waals surface area contributed by atoms with Crippen molar-refractivity contribution >= 4 is 28.9 Å². The van der Waals surface area contributed by atoms with Crippen molar-refractivity contribution in [2.45, 2.75) is 12.8 Å². The first-order valence-corrected chi connectivity index (χ1v) is 6.71. The summed E-state index contributed by atoms with van der Waals surface area (Å²) in [5, 5.41) is 10.3. The van der Waals surface area contributed by atoms with E-state index in [1.54, 1.807) is 12.3 Å². The second-order valence-electron chi connectivity index (χ2n) is 4.15. The average Bonchev–Trinajstić information content (AvgIpc) is 2.88. The van der Waals surface area contributed by atoms with Crippen LogP contribution < -0.4 is 0 Å². The van der Waals surface area contributed by atoms with Crippen LogP contribution in [0.4, 0.5) is 0 Å². The zero-order chi connectivity index (χ0) is 14.5. The van der Waals surface area contributed by atoms with Crippen LogP contribution in [0.5, 0.6) is 0 Å². The molecule has 0 aromatic carbocycles. The van der Waals surface area contributed by atoms with Crippen LogP contribution in [0.3, 0.4) is 0 Å². The Hall–Kier alpha value is -2.34. The first-order valence-electron chi connectivity index (χ1n) is 5.83. The van der Waals surface area contributed by atoms with Crippen LogP contribution >= 0.6 is 11.3 Å². The molecule has 0 atom stereocenters. The van der Waals surface area contributed by atoms with E-state index in [1.165, 1.54) is 11.3 Å². The maximum absolute atomic E-state index is 11.7. The third kappa shape index (κ3) is 3.58. The van der Waals surface area contributed by atoms with Crippen LogP contribution in [0.2, 0.25) is 0 Å². The molecule has 0 saturated carbocycles. The minimum absolute atomic E-state index is 0.394. The van der Waals surface area contributed by atoms with Crippen LogP contribution in [0, 0.1) is 0 Å². The van der Waals surface area contributed by atoms with Crippen LogP contribution in [0.25, 0.3) is 0 Å². The molecule has 0 saturated heterocycles. The number of carbonyl (C=O) groups excluding carboxylic acids is 2. The van der Waals surface area contributed by atoms with Crippen molar-refractivity contribution in [1.29, 1.82) is 0 Å². The lowest BCUT2D eigenvalue weighted by Crippen LogP contribution is -2.16. The molecule has 2 aromatic rings. The van der Waals surface area contributed by atoms with E-state index < -0.39 is 24.0 Å². The molecule has 0 amide bonds. The smallest absolute Gasteiger partial charge is 0.372 e. The van der Waals surface area contributed by atoms with Crippen molar-refractivity contribution in [2.75, 3.05) is 0 Å². The maximum atomic E-state index is 11.7. The highest BCUT2D eigenvalue weighted by atomic mass is 32.1. The molecule has 20 heavy (non-hydrogen) atoms. The van der Waals surface area contributed by atoms with E-state index in [2.05, 4.69) is 4.98 Å². The number of hydrogen-bond donors (Lipinski definition) is 1. The molecule has 0 aliphatic carbocycles. The number of ketones is 2. The summed E-state index contributed by atoms with van der Waals surface area (Å²) >= 11 is 1.21. The first kappa shape index (κ1) is 14.1. The molecule has 6 heteroatoms. The number of carboxylic acid groups (broad SMARTS) is 1. The number of carbonyl (C=O) groups is 3. The van der Waals surface area contributed by atoms with Gasteiger partial charge in [-0.15, -0.1) is 11.3 Å². The summed E-state index contributed by atoms with van der Waals surface area (Å²) < 4.78 is 0. The molecular weight excluding hydrogens is 278 g/mol. The quantitative estimate of drug-likeness (QED) is 0.499. The third-order valence-electron chi connectivity index (χ3n) is 2.60. The largest absolute Gasteiger partial charge is 0.475 e. The topological polar surface area (TPSA) is 84.3 Å². The van der Waals surface area contributed by atoms with E-state index in [-0.39, 0.29) is 0 Å². The molecule has 0 aliphatic heterocycles. The number of aromatic nitrogens is 1. The van der Waals surface area contributed by atoms with Crippen molar-refractivity contribution < 1.29 is 19.5 Å². The molecule has 2 aromatic heterocycles. The van der Waals surface area contributed by atoms with Gasteiger partial charge in [-0.1, -0.05) is 6.07 Å². The normalized spacial score (nSPS) is 10.2. The second kappa shape index (κ2) is 6.21. The number of aliphatic carboxylic acids is 1. The number of rotatable bonds is 6. The van der Waals surface area contributed by atoms with Crippen LogP contribution in [-0.2, 0) is 16.0 Å². The molecule has 1 N–H and O–H groups in total. The fraction of sp³-hybridized carbons (Fsp3) is 0.143. The van der Waals surface area contributed by atoms with E-state index in [0.717, 1.165) is 11.3 Å². The van der Waals surface area contributed by atoms with Gasteiger partial charge < -0.3 is 5.11 Å². The van der Waals surface area contributed by atoms with Crippen LogP contribution in [0.1, 0.15) is 27.3 Å².